The molecule has 0 bridgehead atoms. The maximum Gasteiger partial charge on any atom is 0.244 e. The van der Waals surface area contributed by atoms with Gasteiger partial charge in [-0.2, -0.15) is 0 Å². The molecule has 0 unspecified atom stereocenters. The second kappa shape index (κ2) is 13.0. The Bertz CT molecular complexity index is 1410. The number of rotatable bonds is 11. The Morgan fingerprint density at radius 3 is 2.15 bits per heavy atom. The van der Waals surface area contributed by atoms with Crippen molar-refractivity contribution in [3.63, 3.8) is 0 Å². The van der Waals surface area contributed by atoms with E-state index < -0.39 is 40.2 Å². The van der Waals surface area contributed by atoms with E-state index in [2.05, 4.69) is 5.32 Å². The second-order valence-electron chi connectivity index (χ2n) is 10.1. The number of halogens is 2. The first-order valence-corrected chi connectivity index (χ1v) is 15.1. The van der Waals surface area contributed by atoms with Crippen LogP contribution in [0.5, 0.6) is 0 Å². The van der Waals surface area contributed by atoms with Crippen LogP contribution < -0.4 is 9.62 Å². The van der Waals surface area contributed by atoms with Gasteiger partial charge in [0.2, 0.25) is 21.8 Å². The fraction of sp³-hybridized carbons (Fsp3) is 0.333. The number of hydrogen-bond acceptors (Lipinski definition) is 4. The summed E-state index contributed by atoms with van der Waals surface area (Å²) in [5.41, 5.74) is 1.09. The van der Waals surface area contributed by atoms with Crippen LogP contribution in [0.4, 0.5) is 14.5 Å². The van der Waals surface area contributed by atoms with E-state index in [-0.39, 0.29) is 30.6 Å². The van der Waals surface area contributed by atoms with Gasteiger partial charge < -0.3 is 10.2 Å². The largest absolute Gasteiger partial charge is 0.352 e. The molecule has 1 fully saturated rings. The highest BCUT2D eigenvalue weighted by Gasteiger charge is 2.34. The lowest BCUT2D eigenvalue weighted by Gasteiger charge is -2.34. The average Bonchev–Trinajstić information content (AvgIpc) is 3.43. The number of carbonyl (C=O) groups excluding carboxylic acids is 2. The monoisotopic (exact) mass is 569 g/mol. The zero-order valence-electron chi connectivity index (χ0n) is 22.3. The highest BCUT2D eigenvalue weighted by molar-refractivity contribution is 7.92. The first kappa shape index (κ1) is 29.2. The highest BCUT2D eigenvalue weighted by Crippen LogP contribution is 2.24. The minimum absolute atomic E-state index is 0.0144. The van der Waals surface area contributed by atoms with Crippen molar-refractivity contribution in [2.45, 2.75) is 50.7 Å². The number of hydrogen-bond donors (Lipinski definition) is 1. The number of nitrogens with zero attached hydrogens (tertiary/aromatic N) is 2. The molecule has 1 N–H and O–H groups in total. The third-order valence-electron chi connectivity index (χ3n) is 7.04. The molecule has 10 heteroatoms. The SMILES string of the molecule is CS(=O)(=O)N(CC(=O)N(Cc1ccc(F)cc1)[C@@H](Cc1ccccc1)C(=O)NC1CCCC1)c1ccccc1F. The molecular formula is C30H33F2N3O4S. The molecule has 1 saturated carbocycles. The van der Waals surface area contributed by atoms with Crippen LogP contribution in [0.25, 0.3) is 0 Å². The zero-order chi connectivity index (χ0) is 28.7. The summed E-state index contributed by atoms with van der Waals surface area (Å²) in [6.45, 7) is -0.799. The first-order valence-electron chi connectivity index (χ1n) is 13.2. The Labute approximate surface area is 233 Å². The highest BCUT2D eigenvalue weighted by atomic mass is 32.2. The Balaban J connectivity index is 1.72. The summed E-state index contributed by atoms with van der Waals surface area (Å²) >= 11 is 0. The molecule has 0 radical (unpaired) electrons. The van der Waals surface area contributed by atoms with Gasteiger partial charge in [0.1, 0.15) is 24.2 Å². The summed E-state index contributed by atoms with van der Waals surface area (Å²) in [7, 11) is -4.08. The van der Waals surface area contributed by atoms with Crippen LogP contribution in [0.15, 0.2) is 78.9 Å². The van der Waals surface area contributed by atoms with E-state index in [4.69, 9.17) is 0 Å². The molecule has 4 rings (SSSR count). The molecule has 3 aromatic rings. The quantitative estimate of drug-likeness (QED) is 0.370. The van der Waals surface area contributed by atoms with Crippen molar-refractivity contribution in [3.05, 3.63) is 102 Å². The maximum atomic E-state index is 14.7. The third kappa shape index (κ3) is 7.65. The lowest BCUT2D eigenvalue weighted by atomic mass is 10.0. The van der Waals surface area contributed by atoms with Gasteiger partial charge in [0.15, 0.2) is 0 Å². The van der Waals surface area contributed by atoms with Gasteiger partial charge in [-0.05, 0) is 48.2 Å². The van der Waals surface area contributed by atoms with Gasteiger partial charge in [-0.25, -0.2) is 17.2 Å². The van der Waals surface area contributed by atoms with Crippen LogP contribution in [0.1, 0.15) is 36.8 Å². The molecule has 1 atom stereocenters. The molecular weight excluding hydrogens is 536 g/mol. The van der Waals surface area contributed by atoms with E-state index in [0.717, 1.165) is 43.6 Å². The van der Waals surface area contributed by atoms with Crippen LogP contribution in [0.2, 0.25) is 0 Å². The summed E-state index contributed by atoms with van der Waals surface area (Å²) in [6, 6.07) is 19.0. The summed E-state index contributed by atoms with van der Waals surface area (Å²) in [5, 5.41) is 3.07. The molecule has 0 heterocycles. The lowest BCUT2D eigenvalue weighted by Crippen LogP contribution is -2.54. The van der Waals surface area contributed by atoms with Crippen LogP contribution in [0.3, 0.4) is 0 Å². The van der Waals surface area contributed by atoms with Crippen molar-refractivity contribution < 1.29 is 26.8 Å². The van der Waals surface area contributed by atoms with Crippen LogP contribution in [-0.4, -0.2) is 50.0 Å². The average molecular weight is 570 g/mol. The number of nitrogens with one attached hydrogen (secondary N) is 1. The van der Waals surface area contributed by atoms with Crippen molar-refractivity contribution in [2.24, 2.45) is 0 Å². The fourth-order valence-corrected chi connectivity index (χ4v) is 5.81. The molecule has 1 aliphatic carbocycles. The topological polar surface area (TPSA) is 86.8 Å². The Kier molecular flexibility index (Phi) is 9.52. The Morgan fingerprint density at radius 1 is 0.900 bits per heavy atom. The predicted molar refractivity (Wildman–Crippen MR) is 150 cm³/mol. The molecule has 40 heavy (non-hydrogen) atoms. The van der Waals surface area contributed by atoms with Gasteiger partial charge in [-0.1, -0.05) is 67.4 Å². The molecule has 2 amide bonds. The van der Waals surface area contributed by atoms with Gasteiger partial charge in [0.05, 0.1) is 11.9 Å². The van der Waals surface area contributed by atoms with Crippen molar-refractivity contribution >= 4 is 27.5 Å². The van der Waals surface area contributed by atoms with E-state index in [0.29, 0.717) is 9.87 Å². The standard InChI is InChI=1S/C30H33F2N3O4S/c1-40(38,39)35(27-14-8-7-13-26(27)32)21-29(36)34(20-23-15-17-24(31)18-16-23)28(19-22-9-3-2-4-10-22)30(37)33-25-11-5-6-12-25/h2-4,7-10,13-18,25,28H,5-6,11-12,19-21H2,1H3,(H,33,37)/t28-/m0/s1. The molecule has 3 aromatic carbocycles. The van der Waals surface area contributed by atoms with Gasteiger partial charge in [-0.3, -0.25) is 13.9 Å². The lowest BCUT2D eigenvalue weighted by molar-refractivity contribution is -0.140. The van der Waals surface area contributed by atoms with Crippen molar-refractivity contribution in [2.75, 3.05) is 17.1 Å². The van der Waals surface area contributed by atoms with Crippen LogP contribution >= 0.6 is 0 Å². The molecule has 1 aliphatic rings. The Hall–Kier alpha value is -3.79. The van der Waals surface area contributed by atoms with Crippen molar-refractivity contribution in [1.29, 1.82) is 0 Å². The van der Waals surface area contributed by atoms with E-state index in [1.807, 2.05) is 30.3 Å². The normalized spacial score (nSPS) is 14.5. The van der Waals surface area contributed by atoms with Gasteiger partial charge in [0.25, 0.3) is 0 Å². The molecule has 0 aliphatic heterocycles. The summed E-state index contributed by atoms with van der Waals surface area (Å²) in [4.78, 5) is 29.0. The minimum atomic E-state index is -4.08. The van der Waals surface area contributed by atoms with E-state index in [9.17, 15) is 26.8 Å². The number of para-hydroxylation sites is 1. The number of sulfonamides is 1. The fourth-order valence-electron chi connectivity index (χ4n) is 4.96. The molecule has 0 spiro atoms. The number of benzene rings is 3. The molecule has 212 valence electrons. The van der Waals surface area contributed by atoms with E-state index >= 15 is 0 Å². The smallest absolute Gasteiger partial charge is 0.244 e. The molecule has 7 nitrogen and oxygen atoms in total. The summed E-state index contributed by atoms with van der Waals surface area (Å²) in [6.07, 6.45) is 4.74. The first-order chi connectivity index (χ1) is 19.1. The summed E-state index contributed by atoms with van der Waals surface area (Å²) < 4.78 is 54.5. The van der Waals surface area contributed by atoms with Crippen molar-refractivity contribution in [3.8, 4) is 0 Å². The van der Waals surface area contributed by atoms with E-state index in [1.54, 1.807) is 0 Å². The van der Waals surface area contributed by atoms with Gasteiger partial charge in [-0.15, -0.1) is 0 Å². The predicted octanol–water partition coefficient (Wildman–Crippen LogP) is 4.43. The van der Waals surface area contributed by atoms with Gasteiger partial charge >= 0.3 is 0 Å². The maximum absolute atomic E-state index is 14.7. The number of carbonyl (C=O) groups is 2. The Morgan fingerprint density at radius 2 is 1.52 bits per heavy atom. The van der Waals surface area contributed by atoms with E-state index in [1.165, 1.54) is 47.4 Å². The second-order valence-corrected chi connectivity index (χ2v) is 12.0. The minimum Gasteiger partial charge on any atom is -0.352 e. The summed E-state index contributed by atoms with van der Waals surface area (Å²) in [5.74, 6) is -2.31. The third-order valence-corrected chi connectivity index (χ3v) is 8.17. The molecule has 0 saturated heterocycles. The number of amides is 2. The number of anilines is 1. The van der Waals surface area contributed by atoms with Crippen molar-refractivity contribution in [1.82, 2.24) is 10.2 Å². The van der Waals surface area contributed by atoms with Crippen LogP contribution in [-0.2, 0) is 32.6 Å². The molecule has 0 aromatic heterocycles. The van der Waals surface area contributed by atoms with Crippen LogP contribution in [0, 0.1) is 11.6 Å². The zero-order valence-corrected chi connectivity index (χ0v) is 23.1. The van der Waals surface area contributed by atoms with Gasteiger partial charge in [0, 0.05) is 19.0 Å².